The highest BCUT2D eigenvalue weighted by Gasteiger charge is 2.40. The molecule has 0 saturated carbocycles. The Labute approximate surface area is 89.3 Å². The van der Waals surface area contributed by atoms with Crippen LogP contribution in [-0.4, -0.2) is 35.8 Å². The van der Waals surface area contributed by atoms with Crippen LogP contribution in [0.25, 0.3) is 0 Å². The number of rotatable bonds is 0. The van der Waals surface area contributed by atoms with Crippen molar-refractivity contribution in [3.05, 3.63) is 35.4 Å². The third-order valence-electron chi connectivity index (χ3n) is 3.35. The molecule has 1 unspecified atom stereocenters. The molecule has 2 aliphatic rings. The maximum atomic E-state index is 12.1. The second kappa shape index (κ2) is 3.07. The Morgan fingerprint density at radius 3 is 2.93 bits per heavy atom. The molecule has 3 rings (SSSR count). The summed E-state index contributed by atoms with van der Waals surface area (Å²) in [7, 11) is 2.09. The molecule has 3 nitrogen and oxygen atoms in total. The van der Waals surface area contributed by atoms with Crippen molar-refractivity contribution in [2.45, 2.75) is 12.6 Å². The van der Waals surface area contributed by atoms with Gasteiger partial charge in [0, 0.05) is 24.2 Å². The molecule has 1 fully saturated rings. The number of amides is 1. The lowest BCUT2D eigenvalue weighted by molar-refractivity contribution is 0.0285. The van der Waals surface area contributed by atoms with Crippen molar-refractivity contribution in [3.63, 3.8) is 0 Å². The normalized spacial score (nSPS) is 25.3. The highest BCUT2D eigenvalue weighted by atomic mass is 16.2. The van der Waals surface area contributed by atoms with Crippen molar-refractivity contribution in [2.24, 2.45) is 0 Å². The van der Waals surface area contributed by atoms with Crippen molar-refractivity contribution in [2.75, 3.05) is 20.1 Å². The van der Waals surface area contributed by atoms with Crippen molar-refractivity contribution in [1.82, 2.24) is 9.80 Å². The lowest BCUT2D eigenvalue weighted by atomic mass is 10.1. The van der Waals surface area contributed by atoms with E-state index in [0.29, 0.717) is 0 Å². The highest BCUT2D eigenvalue weighted by molar-refractivity contribution is 5.99. The van der Waals surface area contributed by atoms with Crippen LogP contribution in [0.2, 0.25) is 0 Å². The molecule has 78 valence electrons. The summed E-state index contributed by atoms with van der Waals surface area (Å²) in [5.74, 6) is 0.196. The summed E-state index contributed by atoms with van der Waals surface area (Å²) in [6.07, 6.45) is 1.26. The van der Waals surface area contributed by atoms with Gasteiger partial charge >= 0.3 is 0 Å². The number of hydrogen-bond acceptors (Lipinski definition) is 2. The zero-order chi connectivity index (χ0) is 10.4. The van der Waals surface area contributed by atoms with Crippen molar-refractivity contribution in [1.29, 1.82) is 0 Å². The number of benzene rings is 1. The average Bonchev–Trinajstić information content (AvgIpc) is 2.55. The van der Waals surface area contributed by atoms with E-state index in [9.17, 15) is 4.79 Å². The number of hydrogen-bond donors (Lipinski definition) is 0. The van der Waals surface area contributed by atoms with E-state index in [2.05, 4.69) is 18.0 Å². The van der Waals surface area contributed by atoms with Crippen LogP contribution in [-0.2, 0) is 0 Å². The first kappa shape index (κ1) is 8.92. The van der Waals surface area contributed by atoms with Gasteiger partial charge in [0.1, 0.15) is 6.17 Å². The molecule has 0 radical (unpaired) electrons. The van der Waals surface area contributed by atoms with Gasteiger partial charge in [-0.3, -0.25) is 9.69 Å². The number of carbonyl (C=O) groups excluding carboxylic acids is 1. The Hall–Kier alpha value is -1.35. The Morgan fingerprint density at radius 1 is 1.27 bits per heavy atom. The largest absolute Gasteiger partial charge is 0.319 e. The molecule has 2 heterocycles. The number of fused-ring (bicyclic) bond motifs is 3. The molecule has 1 amide bonds. The van der Waals surface area contributed by atoms with Gasteiger partial charge in [0.05, 0.1) is 0 Å². The average molecular weight is 202 g/mol. The summed E-state index contributed by atoms with van der Waals surface area (Å²) in [6.45, 7) is 1.96. The van der Waals surface area contributed by atoms with Crippen LogP contribution >= 0.6 is 0 Å². The minimum atomic E-state index is 0.183. The molecule has 3 heteroatoms. The summed E-state index contributed by atoms with van der Waals surface area (Å²) in [5, 5.41) is 0. The van der Waals surface area contributed by atoms with Gasteiger partial charge in [-0.25, -0.2) is 0 Å². The van der Waals surface area contributed by atoms with Gasteiger partial charge in [-0.05, 0) is 19.5 Å². The molecule has 0 aliphatic carbocycles. The summed E-state index contributed by atoms with van der Waals surface area (Å²) >= 11 is 0. The molecule has 15 heavy (non-hydrogen) atoms. The second-order valence-electron chi connectivity index (χ2n) is 4.29. The van der Waals surface area contributed by atoms with E-state index in [1.165, 1.54) is 5.56 Å². The molecule has 0 N–H and O–H groups in total. The van der Waals surface area contributed by atoms with E-state index < -0.39 is 0 Å². The third-order valence-corrected chi connectivity index (χ3v) is 3.35. The summed E-state index contributed by atoms with van der Waals surface area (Å²) < 4.78 is 0. The van der Waals surface area contributed by atoms with Gasteiger partial charge in [0.25, 0.3) is 5.91 Å². The molecule has 1 atom stereocenters. The van der Waals surface area contributed by atoms with E-state index in [0.717, 1.165) is 25.1 Å². The molecule has 0 spiro atoms. The Bertz CT molecular complexity index is 416. The molecule has 1 saturated heterocycles. The Kier molecular flexibility index (Phi) is 1.83. The molecule has 2 aliphatic heterocycles. The first-order chi connectivity index (χ1) is 7.29. The van der Waals surface area contributed by atoms with E-state index >= 15 is 0 Å². The molecule has 0 aromatic heterocycles. The fourth-order valence-corrected chi connectivity index (χ4v) is 2.66. The maximum Gasteiger partial charge on any atom is 0.255 e. The van der Waals surface area contributed by atoms with Crippen LogP contribution in [0.1, 0.15) is 28.5 Å². The van der Waals surface area contributed by atoms with Crippen LogP contribution in [0.15, 0.2) is 24.3 Å². The lowest BCUT2D eigenvalue weighted by Crippen LogP contribution is -2.44. The summed E-state index contributed by atoms with van der Waals surface area (Å²) in [5.41, 5.74) is 2.06. The molecule has 1 aromatic rings. The number of nitrogens with zero attached hydrogens (tertiary/aromatic N) is 2. The molecule has 1 aromatic carbocycles. The van der Waals surface area contributed by atoms with Crippen LogP contribution in [0, 0.1) is 0 Å². The SMILES string of the molecule is CN1CCCN2C(=O)c3ccccc3C12. The van der Waals surface area contributed by atoms with Gasteiger partial charge in [-0.15, -0.1) is 0 Å². The van der Waals surface area contributed by atoms with Gasteiger partial charge in [0.15, 0.2) is 0 Å². The van der Waals surface area contributed by atoms with E-state index in [-0.39, 0.29) is 12.1 Å². The van der Waals surface area contributed by atoms with E-state index in [1.807, 2.05) is 23.1 Å². The minimum absolute atomic E-state index is 0.183. The van der Waals surface area contributed by atoms with Gasteiger partial charge in [-0.2, -0.15) is 0 Å². The van der Waals surface area contributed by atoms with Gasteiger partial charge < -0.3 is 4.90 Å². The van der Waals surface area contributed by atoms with Crippen LogP contribution in [0.3, 0.4) is 0 Å². The van der Waals surface area contributed by atoms with Gasteiger partial charge in [-0.1, -0.05) is 18.2 Å². The van der Waals surface area contributed by atoms with Crippen LogP contribution < -0.4 is 0 Å². The summed E-state index contributed by atoms with van der Waals surface area (Å²) in [4.78, 5) is 16.3. The van der Waals surface area contributed by atoms with Crippen LogP contribution in [0.4, 0.5) is 0 Å². The predicted octanol–water partition coefficient (Wildman–Crippen LogP) is 1.48. The van der Waals surface area contributed by atoms with Crippen molar-refractivity contribution >= 4 is 5.91 Å². The van der Waals surface area contributed by atoms with Crippen LogP contribution in [0.5, 0.6) is 0 Å². The first-order valence-corrected chi connectivity index (χ1v) is 5.39. The number of carbonyl (C=O) groups is 1. The maximum absolute atomic E-state index is 12.1. The standard InChI is InChI=1S/C12H14N2O/c1-13-7-4-8-14-11(13)9-5-2-3-6-10(9)12(14)15/h2-3,5-6,11H,4,7-8H2,1H3. The van der Waals surface area contributed by atoms with E-state index in [4.69, 9.17) is 0 Å². The lowest BCUT2D eigenvalue weighted by Gasteiger charge is -2.37. The smallest absolute Gasteiger partial charge is 0.255 e. The fourth-order valence-electron chi connectivity index (χ4n) is 2.66. The molecular weight excluding hydrogens is 188 g/mol. The fraction of sp³-hybridized carbons (Fsp3) is 0.417. The predicted molar refractivity (Wildman–Crippen MR) is 57.5 cm³/mol. The topological polar surface area (TPSA) is 23.6 Å². The van der Waals surface area contributed by atoms with Crippen molar-refractivity contribution < 1.29 is 4.79 Å². The molecule has 0 bridgehead atoms. The zero-order valence-corrected chi connectivity index (χ0v) is 8.81. The summed E-state index contributed by atoms with van der Waals surface area (Å²) in [6, 6.07) is 7.96. The second-order valence-corrected chi connectivity index (χ2v) is 4.29. The molecular formula is C12H14N2O. The monoisotopic (exact) mass is 202 g/mol. The minimum Gasteiger partial charge on any atom is -0.319 e. The Morgan fingerprint density at radius 2 is 2.07 bits per heavy atom. The quantitative estimate of drug-likeness (QED) is 0.636. The highest BCUT2D eigenvalue weighted by Crippen LogP contribution is 2.37. The van der Waals surface area contributed by atoms with Gasteiger partial charge in [0.2, 0.25) is 0 Å². The Balaban J connectivity index is 2.12. The third kappa shape index (κ3) is 1.13. The van der Waals surface area contributed by atoms with E-state index in [1.54, 1.807) is 0 Å². The zero-order valence-electron chi connectivity index (χ0n) is 8.81. The van der Waals surface area contributed by atoms with Crippen molar-refractivity contribution in [3.8, 4) is 0 Å². The first-order valence-electron chi connectivity index (χ1n) is 5.39.